The Hall–Kier alpha value is -3.45. The highest BCUT2D eigenvalue weighted by atomic mass is 16.5. The average molecular weight is 515 g/mol. The van der Waals surface area contributed by atoms with Crippen molar-refractivity contribution in [1.29, 1.82) is 0 Å². The number of carbonyl (C=O) groups is 1. The fraction of sp³-hybridized carbons (Fsp3) is 0.452. The lowest BCUT2D eigenvalue weighted by Gasteiger charge is -2.49. The first-order valence-corrected chi connectivity index (χ1v) is 13.5. The van der Waals surface area contributed by atoms with Crippen molar-refractivity contribution in [1.82, 2.24) is 14.9 Å². The summed E-state index contributed by atoms with van der Waals surface area (Å²) < 4.78 is 11.2. The number of hydrogen-bond acceptors (Lipinski definition) is 6. The molecule has 3 aliphatic heterocycles. The summed E-state index contributed by atoms with van der Waals surface area (Å²) in [7, 11) is 1.69. The number of hydrogen-bond donors (Lipinski definition) is 1. The van der Waals surface area contributed by atoms with Crippen LogP contribution in [0.25, 0.3) is 11.3 Å². The number of amides is 1. The Labute approximate surface area is 225 Å². The lowest BCUT2D eigenvalue weighted by Crippen LogP contribution is -2.54. The number of fused-ring (bicyclic) bond motifs is 3. The molecule has 3 saturated heterocycles. The molecule has 0 spiro atoms. The molecule has 7 nitrogen and oxygen atoms in total. The van der Waals surface area contributed by atoms with E-state index < -0.39 is 6.09 Å². The van der Waals surface area contributed by atoms with Crippen LogP contribution in [-0.4, -0.2) is 53.8 Å². The van der Waals surface area contributed by atoms with Gasteiger partial charge in [0.05, 0.1) is 12.8 Å². The number of benzene rings is 2. The highest BCUT2D eigenvalue weighted by molar-refractivity contribution is 5.84. The molecule has 1 amide bonds. The summed E-state index contributed by atoms with van der Waals surface area (Å²) in [5.41, 5.74) is 5.02. The SMILES string of the molecule is COc1ccccc1-c1cc([C@H]2CN3CC[C@H]2C[C@@H]3COC(=O)Nc2ccc(C(C)(C)C)cc2)nc(C)n1. The number of ether oxygens (including phenoxy) is 2. The van der Waals surface area contributed by atoms with Gasteiger partial charge in [-0.25, -0.2) is 14.8 Å². The number of carbonyl (C=O) groups excluding carboxylic acids is 1. The van der Waals surface area contributed by atoms with Gasteiger partial charge < -0.3 is 9.47 Å². The fourth-order valence-electron chi connectivity index (χ4n) is 5.80. The van der Waals surface area contributed by atoms with Crippen LogP contribution >= 0.6 is 0 Å². The maximum atomic E-state index is 12.5. The minimum atomic E-state index is -0.402. The predicted octanol–water partition coefficient (Wildman–Crippen LogP) is 6.18. The predicted molar refractivity (Wildman–Crippen MR) is 150 cm³/mol. The summed E-state index contributed by atoms with van der Waals surface area (Å²) in [5, 5.41) is 2.87. The Morgan fingerprint density at radius 2 is 1.87 bits per heavy atom. The van der Waals surface area contributed by atoms with Gasteiger partial charge in [-0.2, -0.15) is 0 Å². The summed E-state index contributed by atoms with van der Waals surface area (Å²) in [4.78, 5) is 24.5. The summed E-state index contributed by atoms with van der Waals surface area (Å²) in [5.74, 6) is 2.42. The molecule has 200 valence electrons. The molecule has 38 heavy (non-hydrogen) atoms. The van der Waals surface area contributed by atoms with E-state index in [9.17, 15) is 4.79 Å². The Bertz CT molecular complexity index is 1290. The van der Waals surface area contributed by atoms with Gasteiger partial charge in [0.2, 0.25) is 0 Å². The maximum absolute atomic E-state index is 12.5. The first-order chi connectivity index (χ1) is 18.2. The molecule has 2 bridgehead atoms. The zero-order valence-corrected chi connectivity index (χ0v) is 23.0. The van der Waals surface area contributed by atoms with Crippen molar-refractivity contribution < 1.29 is 14.3 Å². The molecule has 1 N–H and O–H groups in total. The third-order valence-corrected chi connectivity index (χ3v) is 7.90. The highest BCUT2D eigenvalue weighted by Crippen LogP contribution is 2.42. The number of nitrogens with zero attached hydrogens (tertiary/aromatic N) is 3. The van der Waals surface area contributed by atoms with Gasteiger partial charge in [-0.1, -0.05) is 45.0 Å². The van der Waals surface area contributed by atoms with Crippen LogP contribution in [0.15, 0.2) is 54.6 Å². The number of para-hydroxylation sites is 1. The van der Waals surface area contributed by atoms with Crippen molar-refractivity contribution in [3.05, 3.63) is 71.7 Å². The zero-order valence-electron chi connectivity index (χ0n) is 23.0. The molecular formula is C31H38N4O3. The van der Waals surface area contributed by atoms with Crippen LogP contribution < -0.4 is 10.1 Å². The van der Waals surface area contributed by atoms with E-state index in [4.69, 9.17) is 19.4 Å². The summed E-state index contributed by atoms with van der Waals surface area (Å²) in [6, 6.07) is 18.3. The molecule has 1 unspecified atom stereocenters. The van der Waals surface area contributed by atoms with Gasteiger partial charge in [-0.3, -0.25) is 10.2 Å². The normalized spacial score (nSPS) is 22.7. The van der Waals surface area contributed by atoms with Crippen LogP contribution in [0.2, 0.25) is 0 Å². The minimum absolute atomic E-state index is 0.0755. The van der Waals surface area contributed by atoms with Gasteiger partial charge in [-0.15, -0.1) is 0 Å². The molecule has 4 heterocycles. The first kappa shape index (κ1) is 26.2. The summed E-state index contributed by atoms with van der Waals surface area (Å²) in [6.45, 7) is 10.8. The van der Waals surface area contributed by atoms with E-state index in [-0.39, 0.29) is 11.5 Å². The molecule has 4 atom stereocenters. The van der Waals surface area contributed by atoms with Crippen LogP contribution in [0.1, 0.15) is 56.6 Å². The number of aryl methyl sites for hydroxylation is 1. The average Bonchev–Trinajstić information content (AvgIpc) is 2.91. The van der Waals surface area contributed by atoms with Crippen molar-refractivity contribution in [2.75, 3.05) is 32.1 Å². The maximum Gasteiger partial charge on any atom is 0.411 e. The lowest BCUT2D eigenvalue weighted by molar-refractivity contribution is -0.00151. The Kier molecular flexibility index (Phi) is 7.39. The molecule has 7 heteroatoms. The first-order valence-electron chi connectivity index (χ1n) is 13.5. The number of rotatable bonds is 6. The molecule has 2 aromatic carbocycles. The van der Waals surface area contributed by atoms with Crippen molar-refractivity contribution in [2.24, 2.45) is 5.92 Å². The lowest BCUT2D eigenvalue weighted by atomic mass is 9.74. The van der Waals surface area contributed by atoms with E-state index in [1.807, 2.05) is 43.3 Å². The smallest absolute Gasteiger partial charge is 0.411 e. The van der Waals surface area contributed by atoms with E-state index in [2.05, 4.69) is 49.2 Å². The van der Waals surface area contributed by atoms with Crippen LogP contribution in [0, 0.1) is 12.8 Å². The van der Waals surface area contributed by atoms with E-state index in [1.165, 1.54) is 5.56 Å². The monoisotopic (exact) mass is 514 g/mol. The minimum Gasteiger partial charge on any atom is -0.496 e. The number of piperidine rings is 3. The van der Waals surface area contributed by atoms with Gasteiger partial charge in [0, 0.05) is 35.4 Å². The van der Waals surface area contributed by atoms with E-state index in [1.54, 1.807) is 7.11 Å². The molecule has 3 aromatic rings. The van der Waals surface area contributed by atoms with Gasteiger partial charge in [0.1, 0.15) is 18.2 Å². The fourth-order valence-corrected chi connectivity index (χ4v) is 5.80. The topological polar surface area (TPSA) is 76.6 Å². The quantitative estimate of drug-likeness (QED) is 0.423. The van der Waals surface area contributed by atoms with Crippen molar-refractivity contribution in [2.45, 2.75) is 57.9 Å². The molecule has 6 rings (SSSR count). The largest absolute Gasteiger partial charge is 0.496 e. The highest BCUT2D eigenvalue weighted by Gasteiger charge is 2.42. The van der Waals surface area contributed by atoms with Crippen molar-refractivity contribution in [3.63, 3.8) is 0 Å². The van der Waals surface area contributed by atoms with Crippen LogP contribution in [0.5, 0.6) is 5.75 Å². The summed E-state index contributed by atoms with van der Waals surface area (Å²) >= 11 is 0. The Balaban J connectivity index is 1.21. The Morgan fingerprint density at radius 1 is 1.11 bits per heavy atom. The van der Waals surface area contributed by atoms with Gasteiger partial charge in [-0.05, 0) is 73.5 Å². The van der Waals surface area contributed by atoms with Gasteiger partial charge in [0.15, 0.2) is 0 Å². The molecule has 0 aliphatic carbocycles. The number of methoxy groups -OCH3 is 1. The number of anilines is 1. The molecule has 3 aliphatic rings. The van der Waals surface area contributed by atoms with E-state index >= 15 is 0 Å². The standard InChI is InChI=1S/C31H38N4O3/c1-20-32-27(25-8-6-7-9-29(25)37-5)17-28(33-20)26-18-35-15-14-21(26)16-24(35)19-38-30(36)34-23-12-10-22(11-13-23)31(2,3)4/h6-13,17,21,24,26H,14-16,18-19H2,1-5H3,(H,34,36)/t21-,24+,26-/m0/s1. The van der Waals surface area contributed by atoms with Crippen LogP contribution in [0.3, 0.4) is 0 Å². The number of aromatic nitrogens is 2. The second kappa shape index (κ2) is 10.7. The Morgan fingerprint density at radius 3 is 2.55 bits per heavy atom. The van der Waals surface area contributed by atoms with Gasteiger partial charge in [0.25, 0.3) is 0 Å². The van der Waals surface area contributed by atoms with Crippen LogP contribution in [-0.2, 0) is 10.2 Å². The van der Waals surface area contributed by atoms with E-state index in [0.29, 0.717) is 18.4 Å². The molecular weight excluding hydrogens is 476 g/mol. The zero-order chi connectivity index (χ0) is 26.9. The van der Waals surface area contributed by atoms with Crippen molar-refractivity contribution >= 4 is 11.8 Å². The van der Waals surface area contributed by atoms with Crippen molar-refractivity contribution in [3.8, 4) is 17.0 Å². The number of nitrogens with one attached hydrogen (secondary N) is 1. The summed E-state index contributed by atoms with van der Waals surface area (Å²) in [6.07, 6.45) is 1.71. The van der Waals surface area contributed by atoms with Gasteiger partial charge >= 0.3 is 6.09 Å². The second-order valence-electron chi connectivity index (χ2n) is 11.5. The third-order valence-electron chi connectivity index (χ3n) is 7.90. The second-order valence-corrected chi connectivity index (χ2v) is 11.5. The van der Waals surface area contributed by atoms with E-state index in [0.717, 1.165) is 60.1 Å². The molecule has 0 radical (unpaired) electrons. The molecule has 1 aromatic heterocycles. The molecule has 3 fully saturated rings. The van der Waals surface area contributed by atoms with Crippen LogP contribution in [0.4, 0.5) is 10.5 Å². The molecule has 0 saturated carbocycles. The third kappa shape index (κ3) is 5.68.